The molecule has 0 spiro atoms. The third-order valence-electron chi connectivity index (χ3n) is 5.17. The molecule has 0 radical (unpaired) electrons. The summed E-state index contributed by atoms with van der Waals surface area (Å²) in [6.07, 6.45) is 0. The summed E-state index contributed by atoms with van der Waals surface area (Å²) in [6.45, 7) is 0.275. The Bertz CT molecular complexity index is 1500. The minimum Gasteiger partial charge on any atom is -0.279 e. The van der Waals surface area contributed by atoms with Gasteiger partial charge in [-0.3, -0.25) is 9.36 Å². The van der Waals surface area contributed by atoms with Crippen LogP contribution in [-0.2, 0) is 6.54 Å². The number of benzene rings is 3. The molecule has 0 amide bonds. The van der Waals surface area contributed by atoms with Gasteiger partial charge in [0.2, 0.25) is 0 Å². The summed E-state index contributed by atoms with van der Waals surface area (Å²) in [5, 5.41) is 1.10. The van der Waals surface area contributed by atoms with Crippen LogP contribution in [0.2, 0.25) is 5.02 Å². The lowest BCUT2D eigenvalue weighted by Crippen LogP contribution is -2.38. The summed E-state index contributed by atoms with van der Waals surface area (Å²) >= 11 is 7.83. The van der Waals surface area contributed by atoms with Crippen LogP contribution in [0.1, 0.15) is 5.56 Å². The van der Waals surface area contributed by atoms with Crippen LogP contribution in [0.4, 0.5) is 0 Å². The molecule has 2 heterocycles. The average molecular weight is 445 g/mol. The number of halogens is 1. The molecular formula is C25H17ClN2O2S. The lowest BCUT2D eigenvalue weighted by molar-refractivity contribution is 0.719. The van der Waals surface area contributed by atoms with Crippen LogP contribution in [-0.4, -0.2) is 9.13 Å². The Labute approximate surface area is 187 Å². The van der Waals surface area contributed by atoms with Gasteiger partial charge in [0.15, 0.2) is 0 Å². The molecular weight excluding hydrogens is 428 g/mol. The summed E-state index contributed by atoms with van der Waals surface area (Å²) in [4.78, 5) is 28.5. The Morgan fingerprint density at radius 3 is 2.16 bits per heavy atom. The van der Waals surface area contributed by atoms with Gasteiger partial charge in [0, 0.05) is 9.90 Å². The van der Waals surface area contributed by atoms with Crippen LogP contribution in [0.25, 0.3) is 26.3 Å². The van der Waals surface area contributed by atoms with Gasteiger partial charge in [0.1, 0.15) is 4.83 Å². The Morgan fingerprint density at radius 1 is 0.806 bits per heavy atom. The average Bonchev–Trinajstić information content (AvgIpc) is 3.25. The lowest BCUT2D eigenvalue weighted by atomic mass is 10.2. The fourth-order valence-electron chi connectivity index (χ4n) is 3.64. The third-order valence-corrected chi connectivity index (χ3v) is 6.75. The van der Waals surface area contributed by atoms with E-state index in [1.165, 1.54) is 15.9 Å². The SMILES string of the molecule is O=c1c2cc(-c3ccccc3)sc2n(Cc2ccccc2Cl)c(=O)n1-c1ccccc1. The van der Waals surface area contributed by atoms with Gasteiger partial charge in [-0.15, -0.1) is 11.3 Å². The first-order valence-corrected chi connectivity index (χ1v) is 11.0. The number of hydrogen-bond acceptors (Lipinski definition) is 3. The van der Waals surface area contributed by atoms with Crippen molar-refractivity contribution in [3.05, 3.63) is 122 Å². The topological polar surface area (TPSA) is 44.0 Å². The fraction of sp³-hybridized carbons (Fsp3) is 0.0400. The standard InChI is InChI=1S/C25H17ClN2O2S/c26-21-14-8-7-11-18(21)16-27-24-20(15-22(31-24)17-9-3-1-4-10-17)23(29)28(25(27)30)19-12-5-2-6-13-19/h1-15H,16H2. The Hall–Kier alpha value is -3.41. The highest BCUT2D eigenvalue weighted by Gasteiger charge is 2.18. The summed E-state index contributed by atoms with van der Waals surface area (Å²) in [5.74, 6) is 0. The molecule has 4 nitrogen and oxygen atoms in total. The summed E-state index contributed by atoms with van der Waals surface area (Å²) < 4.78 is 2.88. The second kappa shape index (κ2) is 8.02. The second-order valence-electron chi connectivity index (χ2n) is 7.13. The van der Waals surface area contributed by atoms with Crippen LogP contribution in [0.5, 0.6) is 0 Å². The Balaban J connectivity index is 1.82. The van der Waals surface area contributed by atoms with Crippen molar-refractivity contribution in [3.8, 4) is 16.1 Å². The smallest absolute Gasteiger partial charge is 0.279 e. The molecule has 0 atom stereocenters. The molecule has 5 aromatic rings. The predicted molar refractivity (Wildman–Crippen MR) is 128 cm³/mol. The summed E-state index contributed by atoms with van der Waals surface area (Å²) in [7, 11) is 0. The van der Waals surface area contributed by atoms with E-state index in [1.807, 2.05) is 72.8 Å². The van der Waals surface area contributed by atoms with Gasteiger partial charge in [-0.1, -0.05) is 78.3 Å². The molecule has 0 unspecified atom stereocenters. The number of rotatable bonds is 4. The van der Waals surface area contributed by atoms with Gasteiger partial charge >= 0.3 is 5.69 Å². The quantitative estimate of drug-likeness (QED) is 0.363. The van der Waals surface area contributed by atoms with Crippen LogP contribution in [0.3, 0.4) is 0 Å². The number of aromatic nitrogens is 2. The largest absolute Gasteiger partial charge is 0.337 e. The van der Waals surface area contributed by atoms with Crippen molar-refractivity contribution in [3.63, 3.8) is 0 Å². The highest BCUT2D eigenvalue weighted by atomic mass is 35.5. The zero-order chi connectivity index (χ0) is 21.4. The molecule has 3 aromatic carbocycles. The minimum atomic E-state index is -0.384. The van der Waals surface area contributed by atoms with Gasteiger partial charge in [0.25, 0.3) is 5.56 Å². The van der Waals surface area contributed by atoms with Crippen molar-refractivity contribution in [2.24, 2.45) is 0 Å². The maximum absolute atomic E-state index is 13.6. The van der Waals surface area contributed by atoms with Gasteiger partial charge in [-0.2, -0.15) is 0 Å². The van der Waals surface area contributed by atoms with Crippen LogP contribution >= 0.6 is 22.9 Å². The molecule has 0 aliphatic rings. The van der Waals surface area contributed by atoms with Crippen molar-refractivity contribution in [1.29, 1.82) is 0 Å². The normalized spacial score (nSPS) is 11.1. The zero-order valence-electron chi connectivity index (χ0n) is 16.4. The number of hydrogen-bond donors (Lipinski definition) is 0. The van der Waals surface area contributed by atoms with Gasteiger partial charge < -0.3 is 0 Å². The van der Waals surface area contributed by atoms with E-state index in [4.69, 9.17) is 11.6 Å². The lowest BCUT2D eigenvalue weighted by Gasteiger charge is -2.13. The van der Waals surface area contributed by atoms with Crippen molar-refractivity contribution < 1.29 is 0 Å². The van der Waals surface area contributed by atoms with Gasteiger partial charge in [-0.25, -0.2) is 9.36 Å². The zero-order valence-corrected chi connectivity index (χ0v) is 17.9. The van der Waals surface area contributed by atoms with Crippen molar-refractivity contribution in [2.75, 3.05) is 0 Å². The van der Waals surface area contributed by atoms with E-state index in [-0.39, 0.29) is 17.8 Å². The highest BCUT2D eigenvalue weighted by Crippen LogP contribution is 2.32. The van der Waals surface area contributed by atoms with E-state index >= 15 is 0 Å². The maximum Gasteiger partial charge on any atom is 0.337 e. The van der Waals surface area contributed by atoms with E-state index in [9.17, 15) is 9.59 Å². The Morgan fingerprint density at radius 2 is 1.45 bits per heavy atom. The Kier molecular flexibility index (Phi) is 5.06. The second-order valence-corrected chi connectivity index (χ2v) is 8.57. The van der Waals surface area contributed by atoms with E-state index in [2.05, 4.69) is 0 Å². The van der Waals surface area contributed by atoms with E-state index < -0.39 is 0 Å². The third kappa shape index (κ3) is 3.52. The van der Waals surface area contributed by atoms with Gasteiger partial charge in [0.05, 0.1) is 17.6 Å². The maximum atomic E-state index is 13.6. The molecule has 6 heteroatoms. The molecule has 5 rings (SSSR count). The van der Waals surface area contributed by atoms with Crippen molar-refractivity contribution in [1.82, 2.24) is 9.13 Å². The molecule has 0 bridgehead atoms. The number of fused-ring (bicyclic) bond motifs is 1. The highest BCUT2D eigenvalue weighted by molar-refractivity contribution is 7.21. The summed E-state index contributed by atoms with van der Waals surface area (Å²) in [5.41, 5.74) is 1.66. The molecule has 0 saturated heterocycles. The van der Waals surface area contributed by atoms with Crippen molar-refractivity contribution >= 4 is 33.2 Å². The van der Waals surface area contributed by atoms with Crippen LogP contribution in [0, 0.1) is 0 Å². The minimum absolute atomic E-state index is 0.275. The summed E-state index contributed by atoms with van der Waals surface area (Å²) in [6, 6.07) is 28.2. The predicted octanol–water partition coefficient (Wildman–Crippen LogP) is 5.58. The molecule has 152 valence electrons. The molecule has 31 heavy (non-hydrogen) atoms. The molecule has 0 N–H and O–H groups in total. The molecule has 0 aliphatic carbocycles. The van der Waals surface area contributed by atoms with Crippen LogP contribution < -0.4 is 11.2 Å². The van der Waals surface area contributed by atoms with Gasteiger partial charge in [-0.05, 0) is 35.4 Å². The molecule has 2 aromatic heterocycles. The first kappa shape index (κ1) is 19.5. The first-order chi connectivity index (χ1) is 15.1. The number of para-hydroxylation sites is 1. The van der Waals surface area contributed by atoms with E-state index in [0.29, 0.717) is 20.9 Å². The van der Waals surface area contributed by atoms with E-state index in [1.54, 1.807) is 22.8 Å². The number of thiophene rings is 1. The molecule has 0 fully saturated rings. The van der Waals surface area contributed by atoms with Crippen LogP contribution in [0.15, 0.2) is 101 Å². The first-order valence-electron chi connectivity index (χ1n) is 9.77. The monoisotopic (exact) mass is 444 g/mol. The number of nitrogens with zero attached hydrogens (tertiary/aromatic N) is 2. The molecule has 0 saturated carbocycles. The van der Waals surface area contributed by atoms with E-state index in [0.717, 1.165) is 16.0 Å². The molecule has 0 aliphatic heterocycles. The fourth-order valence-corrected chi connectivity index (χ4v) is 4.98. The van der Waals surface area contributed by atoms with Crippen molar-refractivity contribution in [2.45, 2.75) is 6.54 Å².